The number of rotatable bonds is 0. The number of ketones is 1. The Morgan fingerprint density at radius 1 is 1.43 bits per heavy atom. The van der Waals surface area contributed by atoms with Crippen molar-refractivity contribution in [3.05, 3.63) is 24.3 Å². The average molecular weight is 192 g/mol. The summed E-state index contributed by atoms with van der Waals surface area (Å²) < 4.78 is 5.24. The van der Waals surface area contributed by atoms with Crippen LogP contribution in [0, 0.1) is 5.41 Å². The Bertz CT molecular complexity index is 380. The van der Waals surface area contributed by atoms with Gasteiger partial charge in [-0.05, 0) is 19.1 Å². The normalized spacial score (nSPS) is 41.1. The SMILES string of the molecule is C=C1C(=O)OC2(C)C=CC(=O)CC12C. The van der Waals surface area contributed by atoms with Crippen molar-refractivity contribution in [3.63, 3.8) is 0 Å². The quantitative estimate of drug-likeness (QED) is 0.430. The molecule has 0 aromatic carbocycles. The Balaban J connectivity index is 2.57. The van der Waals surface area contributed by atoms with Crippen molar-refractivity contribution in [2.75, 3.05) is 0 Å². The molecular formula is C11H12O3. The predicted molar refractivity (Wildman–Crippen MR) is 50.5 cm³/mol. The van der Waals surface area contributed by atoms with Crippen molar-refractivity contribution < 1.29 is 14.3 Å². The minimum absolute atomic E-state index is 0.0180. The lowest BCUT2D eigenvalue weighted by Crippen LogP contribution is -2.43. The summed E-state index contributed by atoms with van der Waals surface area (Å²) in [5.74, 6) is -0.376. The van der Waals surface area contributed by atoms with Crippen molar-refractivity contribution in [2.45, 2.75) is 25.9 Å². The average Bonchev–Trinajstić information content (AvgIpc) is 2.26. The van der Waals surface area contributed by atoms with Crippen LogP contribution in [0.4, 0.5) is 0 Å². The van der Waals surface area contributed by atoms with E-state index >= 15 is 0 Å². The molecule has 0 aromatic heterocycles. The zero-order chi connectivity index (χ0) is 10.6. The molecule has 3 heteroatoms. The topological polar surface area (TPSA) is 43.4 Å². The Morgan fingerprint density at radius 2 is 2.07 bits per heavy atom. The van der Waals surface area contributed by atoms with Crippen LogP contribution in [0.25, 0.3) is 0 Å². The monoisotopic (exact) mass is 192 g/mol. The Hall–Kier alpha value is -1.38. The Morgan fingerprint density at radius 3 is 2.71 bits per heavy atom. The summed E-state index contributed by atoms with van der Waals surface area (Å²) in [6.45, 7) is 7.37. The first-order valence-corrected chi connectivity index (χ1v) is 4.54. The highest BCUT2D eigenvalue weighted by molar-refractivity contribution is 5.99. The lowest BCUT2D eigenvalue weighted by atomic mass is 9.66. The molecule has 0 spiro atoms. The molecule has 1 saturated heterocycles. The third-order valence-corrected chi connectivity index (χ3v) is 3.43. The van der Waals surface area contributed by atoms with Gasteiger partial charge in [0.1, 0.15) is 5.60 Å². The summed E-state index contributed by atoms with van der Waals surface area (Å²) in [4.78, 5) is 22.7. The molecule has 1 heterocycles. The molecule has 1 fully saturated rings. The minimum Gasteiger partial charge on any atom is -0.451 e. The van der Waals surface area contributed by atoms with Crippen LogP contribution in [-0.4, -0.2) is 17.4 Å². The highest BCUT2D eigenvalue weighted by atomic mass is 16.6. The van der Waals surface area contributed by atoms with Gasteiger partial charge in [0, 0.05) is 17.4 Å². The highest BCUT2D eigenvalue weighted by Crippen LogP contribution is 2.52. The number of carbonyl (C=O) groups excluding carboxylic acids is 2. The van der Waals surface area contributed by atoms with Gasteiger partial charge in [-0.3, -0.25) is 4.79 Å². The first-order chi connectivity index (χ1) is 6.39. The van der Waals surface area contributed by atoms with Gasteiger partial charge in [-0.15, -0.1) is 0 Å². The first-order valence-electron chi connectivity index (χ1n) is 4.54. The molecule has 2 unspecified atom stereocenters. The summed E-state index contributed by atoms with van der Waals surface area (Å²) in [7, 11) is 0. The second-order valence-corrected chi connectivity index (χ2v) is 4.28. The molecule has 2 rings (SSSR count). The number of hydrogen-bond acceptors (Lipinski definition) is 3. The zero-order valence-electron chi connectivity index (χ0n) is 8.29. The molecule has 1 aliphatic carbocycles. The molecule has 0 aromatic rings. The van der Waals surface area contributed by atoms with E-state index in [1.165, 1.54) is 6.08 Å². The molecule has 0 amide bonds. The van der Waals surface area contributed by atoms with Gasteiger partial charge in [0.05, 0.1) is 0 Å². The maximum Gasteiger partial charge on any atom is 0.335 e. The molecule has 0 saturated carbocycles. The van der Waals surface area contributed by atoms with Gasteiger partial charge >= 0.3 is 5.97 Å². The molecular weight excluding hydrogens is 180 g/mol. The second-order valence-electron chi connectivity index (χ2n) is 4.28. The second kappa shape index (κ2) is 2.35. The lowest BCUT2D eigenvalue weighted by molar-refractivity contribution is -0.145. The van der Waals surface area contributed by atoms with Crippen LogP contribution in [0.3, 0.4) is 0 Å². The summed E-state index contributed by atoms with van der Waals surface area (Å²) in [5, 5.41) is 0. The summed E-state index contributed by atoms with van der Waals surface area (Å²) in [6.07, 6.45) is 3.44. The summed E-state index contributed by atoms with van der Waals surface area (Å²) in [6, 6.07) is 0. The minimum atomic E-state index is -0.699. The molecule has 0 radical (unpaired) electrons. The van der Waals surface area contributed by atoms with E-state index in [9.17, 15) is 9.59 Å². The number of fused-ring (bicyclic) bond motifs is 1. The first kappa shape index (κ1) is 9.19. The summed E-state index contributed by atoms with van der Waals surface area (Å²) >= 11 is 0. The fourth-order valence-corrected chi connectivity index (χ4v) is 2.05. The van der Waals surface area contributed by atoms with E-state index in [2.05, 4.69) is 6.58 Å². The molecule has 74 valence electrons. The van der Waals surface area contributed by atoms with Crippen molar-refractivity contribution in [2.24, 2.45) is 5.41 Å². The number of ether oxygens (including phenoxy) is 1. The molecule has 14 heavy (non-hydrogen) atoms. The largest absolute Gasteiger partial charge is 0.451 e. The zero-order valence-corrected chi connectivity index (χ0v) is 8.29. The van der Waals surface area contributed by atoms with E-state index < -0.39 is 17.0 Å². The van der Waals surface area contributed by atoms with E-state index in [0.717, 1.165) is 0 Å². The molecule has 2 atom stereocenters. The number of carbonyl (C=O) groups is 2. The fraction of sp³-hybridized carbons (Fsp3) is 0.455. The van der Waals surface area contributed by atoms with E-state index in [-0.39, 0.29) is 5.78 Å². The van der Waals surface area contributed by atoms with Crippen molar-refractivity contribution in [3.8, 4) is 0 Å². The van der Waals surface area contributed by atoms with Gasteiger partial charge in [-0.2, -0.15) is 0 Å². The van der Waals surface area contributed by atoms with Gasteiger partial charge in [0.2, 0.25) is 0 Å². The number of allylic oxidation sites excluding steroid dienone is 1. The molecule has 3 nitrogen and oxygen atoms in total. The number of esters is 1. The Kier molecular flexibility index (Phi) is 1.54. The number of hydrogen-bond donors (Lipinski definition) is 0. The van der Waals surface area contributed by atoms with Gasteiger partial charge < -0.3 is 4.74 Å². The third kappa shape index (κ3) is 0.870. The van der Waals surface area contributed by atoms with Crippen LogP contribution >= 0.6 is 0 Å². The molecule has 0 N–H and O–H groups in total. The van der Waals surface area contributed by atoms with E-state index in [1.807, 2.05) is 13.8 Å². The maximum absolute atomic E-state index is 11.4. The van der Waals surface area contributed by atoms with Gasteiger partial charge in [-0.25, -0.2) is 4.79 Å². The van der Waals surface area contributed by atoms with Crippen LogP contribution in [0.1, 0.15) is 20.3 Å². The predicted octanol–water partition coefficient (Wildman–Crippen LogP) is 1.39. The van der Waals surface area contributed by atoms with Gasteiger partial charge in [-0.1, -0.05) is 13.5 Å². The summed E-state index contributed by atoms with van der Waals surface area (Å²) in [5.41, 5.74) is -0.872. The van der Waals surface area contributed by atoms with E-state index in [1.54, 1.807) is 6.08 Å². The molecule has 1 aliphatic heterocycles. The van der Waals surface area contributed by atoms with Crippen molar-refractivity contribution in [1.29, 1.82) is 0 Å². The molecule has 0 bridgehead atoms. The van der Waals surface area contributed by atoms with Crippen molar-refractivity contribution >= 4 is 11.8 Å². The van der Waals surface area contributed by atoms with Gasteiger partial charge in [0.15, 0.2) is 5.78 Å². The Labute approximate surface area is 82.4 Å². The van der Waals surface area contributed by atoms with Crippen LogP contribution in [-0.2, 0) is 14.3 Å². The fourth-order valence-electron chi connectivity index (χ4n) is 2.05. The smallest absolute Gasteiger partial charge is 0.335 e. The van der Waals surface area contributed by atoms with Crippen LogP contribution < -0.4 is 0 Å². The van der Waals surface area contributed by atoms with Crippen LogP contribution in [0.15, 0.2) is 24.3 Å². The molecule has 2 aliphatic rings. The van der Waals surface area contributed by atoms with Gasteiger partial charge in [0.25, 0.3) is 0 Å². The van der Waals surface area contributed by atoms with E-state index in [0.29, 0.717) is 12.0 Å². The van der Waals surface area contributed by atoms with Crippen molar-refractivity contribution in [1.82, 2.24) is 0 Å². The van der Waals surface area contributed by atoms with Crippen LogP contribution in [0.5, 0.6) is 0 Å². The van der Waals surface area contributed by atoms with E-state index in [4.69, 9.17) is 4.74 Å². The standard InChI is InChI=1S/C11H12O3/c1-7-9(13)14-11(3)5-4-8(12)6-10(7,11)2/h4-5H,1,6H2,2-3H3. The highest BCUT2D eigenvalue weighted by Gasteiger charge is 2.58. The third-order valence-electron chi connectivity index (χ3n) is 3.43. The van der Waals surface area contributed by atoms with Crippen LogP contribution in [0.2, 0.25) is 0 Å². The lowest BCUT2D eigenvalue weighted by Gasteiger charge is -2.37. The maximum atomic E-state index is 11.4.